The SMILES string of the molecule is CC(C)(C)[Si](C)(C)C1=C([Si](Nc2ccccc2)(c2ccccc2)c2ccccc2)CC=C1. The molecule has 1 aliphatic carbocycles. The van der Waals surface area contributed by atoms with Gasteiger partial charge in [0.1, 0.15) is 0 Å². The summed E-state index contributed by atoms with van der Waals surface area (Å²) in [6, 6.07) is 33.2. The zero-order valence-electron chi connectivity index (χ0n) is 20.0. The number of benzene rings is 3. The van der Waals surface area contributed by atoms with E-state index in [1.165, 1.54) is 16.1 Å². The number of hydrogen-bond donors (Lipinski definition) is 1. The minimum atomic E-state index is -2.51. The summed E-state index contributed by atoms with van der Waals surface area (Å²) in [5.41, 5.74) is 1.20. The highest BCUT2D eigenvalue weighted by molar-refractivity contribution is 7.10. The summed E-state index contributed by atoms with van der Waals surface area (Å²) >= 11 is 0. The molecule has 0 spiro atoms. The lowest BCUT2D eigenvalue weighted by molar-refractivity contribution is 0.726. The Hall–Kier alpha value is -2.63. The summed E-state index contributed by atoms with van der Waals surface area (Å²) in [6.07, 6.45) is 5.90. The predicted molar refractivity (Wildman–Crippen MR) is 146 cm³/mol. The van der Waals surface area contributed by atoms with Crippen molar-refractivity contribution in [2.45, 2.75) is 45.3 Å². The Kier molecular flexibility index (Phi) is 6.15. The molecule has 0 bridgehead atoms. The van der Waals surface area contributed by atoms with Gasteiger partial charge in [0.2, 0.25) is 8.24 Å². The van der Waals surface area contributed by atoms with Gasteiger partial charge in [-0.25, -0.2) is 0 Å². The first kappa shape index (κ1) is 22.6. The molecule has 0 atom stereocenters. The van der Waals surface area contributed by atoms with Crippen LogP contribution in [0.1, 0.15) is 27.2 Å². The lowest BCUT2D eigenvalue weighted by atomic mass is 10.2. The summed E-state index contributed by atoms with van der Waals surface area (Å²) in [6.45, 7) is 12.4. The van der Waals surface area contributed by atoms with Gasteiger partial charge >= 0.3 is 0 Å². The van der Waals surface area contributed by atoms with Crippen LogP contribution in [-0.2, 0) is 0 Å². The maximum Gasteiger partial charge on any atom is 0.246 e. The third-order valence-corrected chi connectivity index (χ3v) is 17.7. The van der Waals surface area contributed by atoms with E-state index < -0.39 is 16.3 Å². The highest BCUT2D eigenvalue weighted by Crippen LogP contribution is 2.45. The minimum Gasteiger partial charge on any atom is -0.400 e. The van der Waals surface area contributed by atoms with Crippen molar-refractivity contribution >= 4 is 32.4 Å². The van der Waals surface area contributed by atoms with Crippen LogP contribution in [0.4, 0.5) is 5.69 Å². The van der Waals surface area contributed by atoms with Gasteiger partial charge in [-0.05, 0) is 39.2 Å². The van der Waals surface area contributed by atoms with Gasteiger partial charge in [0.15, 0.2) is 0 Å². The van der Waals surface area contributed by atoms with Crippen LogP contribution in [-0.4, -0.2) is 16.3 Å². The second-order valence-electron chi connectivity index (χ2n) is 10.3. The summed E-state index contributed by atoms with van der Waals surface area (Å²) in [5.74, 6) is 0. The quantitative estimate of drug-likeness (QED) is 0.409. The topological polar surface area (TPSA) is 12.0 Å². The largest absolute Gasteiger partial charge is 0.400 e. The Morgan fingerprint density at radius 2 is 1.16 bits per heavy atom. The molecule has 0 fully saturated rings. The second-order valence-corrected chi connectivity index (χ2v) is 19.1. The molecule has 3 aromatic carbocycles. The van der Waals surface area contributed by atoms with E-state index in [0.717, 1.165) is 6.42 Å². The van der Waals surface area contributed by atoms with Crippen molar-refractivity contribution in [3.63, 3.8) is 0 Å². The Labute approximate surface area is 196 Å². The van der Waals surface area contributed by atoms with E-state index in [1.54, 1.807) is 10.4 Å². The fourth-order valence-electron chi connectivity index (χ4n) is 4.70. The zero-order valence-corrected chi connectivity index (χ0v) is 22.0. The maximum absolute atomic E-state index is 4.18. The van der Waals surface area contributed by atoms with Gasteiger partial charge in [0.05, 0.1) is 8.07 Å². The summed E-state index contributed by atoms with van der Waals surface area (Å²) < 4.78 is 0. The molecule has 0 aromatic heterocycles. The van der Waals surface area contributed by atoms with E-state index in [9.17, 15) is 0 Å². The molecule has 0 saturated heterocycles. The summed E-state index contributed by atoms with van der Waals surface area (Å²) in [5, 5.41) is 6.38. The molecule has 0 amide bonds. The van der Waals surface area contributed by atoms with E-state index >= 15 is 0 Å². The number of nitrogens with one attached hydrogen (secondary N) is 1. The average molecular weight is 454 g/mol. The molecule has 0 aliphatic heterocycles. The molecular weight excluding hydrogens is 418 g/mol. The molecule has 0 radical (unpaired) electrons. The van der Waals surface area contributed by atoms with Crippen molar-refractivity contribution in [1.29, 1.82) is 0 Å². The molecule has 164 valence electrons. The van der Waals surface area contributed by atoms with Gasteiger partial charge in [-0.3, -0.25) is 0 Å². The highest BCUT2D eigenvalue weighted by Gasteiger charge is 2.48. The van der Waals surface area contributed by atoms with Crippen molar-refractivity contribution in [1.82, 2.24) is 0 Å². The summed E-state index contributed by atoms with van der Waals surface area (Å²) in [4.78, 5) is 4.18. The van der Waals surface area contributed by atoms with Gasteiger partial charge in [0, 0.05) is 5.69 Å². The van der Waals surface area contributed by atoms with E-state index in [0.29, 0.717) is 0 Å². The van der Waals surface area contributed by atoms with Gasteiger partial charge in [-0.15, -0.1) is 0 Å². The van der Waals surface area contributed by atoms with Crippen LogP contribution in [0.2, 0.25) is 18.1 Å². The normalized spacial score (nSPS) is 14.7. The Morgan fingerprint density at radius 3 is 1.62 bits per heavy atom. The first-order chi connectivity index (χ1) is 15.3. The third kappa shape index (κ3) is 3.96. The number of para-hydroxylation sites is 1. The highest BCUT2D eigenvalue weighted by atomic mass is 28.3. The molecule has 4 rings (SSSR count). The second kappa shape index (κ2) is 8.72. The number of hydrogen-bond acceptors (Lipinski definition) is 1. The van der Waals surface area contributed by atoms with E-state index in [1.807, 2.05) is 0 Å². The van der Waals surface area contributed by atoms with E-state index in [4.69, 9.17) is 0 Å². The van der Waals surface area contributed by atoms with Gasteiger partial charge in [0.25, 0.3) is 0 Å². The van der Waals surface area contributed by atoms with Crippen molar-refractivity contribution < 1.29 is 0 Å². The van der Waals surface area contributed by atoms with Gasteiger partial charge < -0.3 is 4.98 Å². The first-order valence-electron chi connectivity index (χ1n) is 11.6. The molecule has 0 unspecified atom stereocenters. The van der Waals surface area contributed by atoms with Crippen molar-refractivity contribution in [2.75, 3.05) is 4.98 Å². The Balaban J connectivity index is 2.06. The average Bonchev–Trinajstić information content (AvgIpc) is 3.30. The molecule has 0 heterocycles. The van der Waals surface area contributed by atoms with E-state index in [-0.39, 0.29) is 5.04 Å². The monoisotopic (exact) mass is 453 g/mol. The molecule has 1 N–H and O–H groups in total. The molecular formula is C29H35NSi2. The van der Waals surface area contributed by atoms with Crippen molar-refractivity contribution in [3.8, 4) is 0 Å². The van der Waals surface area contributed by atoms with Crippen LogP contribution < -0.4 is 15.4 Å². The van der Waals surface area contributed by atoms with E-state index in [2.05, 4.69) is 142 Å². The molecule has 32 heavy (non-hydrogen) atoms. The third-order valence-electron chi connectivity index (χ3n) is 7.45. The van der Waals surface area contributed by atoms with Crippen molar-refractivity contribution in [2.24, 2.45) is 0 Å². The lowest BCUT2D eigenvalue weighted by Crippen LogP contribution is -2.67. The molecule has 3 aromatic rings. The Morgan fingerprint density at radius 1 is 0.688 bits per heavy atom. The zero-order chi connectivity index (χ0) is 22.8. The maximum atomic E-state index is 4.18. The minimum absolute atomic E-state index is 0.280. The standard InChI is InChI=1S/C29H35NSi2/c1-29(2,3)31(4,5)27-22-15-23-28(27)32(25-18-11-7-12-19-25,26-20-13-8-14-21-26)30-24-16-9-6-10-17-24/h6-22,30H,23H2,1-5H3. The van der Waals surface area contributed by atoms with Crippen LogP contribution >= 0.6 is 0 Å². The van der Waals surface area contributed by atoms with Gasteiger partial charge in [-0.2, -0.15) is 0 Å². The first-order valence-corrected chi connectivity index (χ1v) is 16.6. The number of anilines is 1. The number of rotatable bonds is 6. The van der Waals surface area contributed by atoms with Crippen LogP contribution in [0, 0.1) is 0 Å². The van der Waals surface area contributed by atoms with Gasteiger partial charge in [-0.1, -0.05) is 130 Å². The van der Waals surface area contributed by atoms with Crippen LogP contribution in [0.25, 0.3) is 0 Å². The predicted octanol–water partition coefficient (Wildman–Crippen LogP) is 6.70. The molecule has 3 heteroatoms. The number of allylic oxidation sites excluding steroid dienone is 4. The fourth-order valence-corrected chi connectivity index (χ4v) is 12.8. The molecule has 1 nitrogen and oxygen atoms in total. The fraction of sp³-hybridized carbons (Fsp3) is 0.241. The van der Waals surface area contributed by atoms with Crippen LogP contribution in [0.3, 0.4) is 0 Å². The smallest absolute Gasteiger partial charge is 0.246 e. The molecule has 1 aliphatic rings. The Bertz CT molecular complexity index is 1070. The van der Waals surface area contributed by atoms with Crippen LogP contribution in [0.15, 0.2) is 114 Å². The lowest BCUT2D eigenvalue weighted by Gasteiger charge is -2.43. The van der Waals surface area contributed by atoms with Crippen LogP contribution in [0.5, 0.6) is 0 Å². The van der Waals surface area contributed by atoms with Crippen molar-refractivity contribution in [3.05, 3.63) is 114 Å². The summed E-state index contributed by atoms with van der Waals surface area (Å²) in [7, 11) is -4.25. The molecule has 0 saturated carbocycles.